The lowest BCUT2D eigenvalue weighted by Gasteiger charge is -2.36. The number of carbonyl (C=O) groups excluding carboxylic acids is 1. The Morgan fingerprint density at radius 3 is 2.44 bits per heavy atom. The van der Waals surface area contributed by atoms with Gasteiger partial charge in [0.25, 0.3) is 0 Å². The van der Waals surface area contributed by atoms with Gasteiger partial charge in [0, 0.05) is 11.6 Å². The fraction of sp³-hybridized carbons (Fsp3) is 0.483. The van der Waals surface area contributed by atoms with Crippen molar-refractivity contribution in [3.05, 3.63) is 62.9 Å². The molecule has 0 saturated heterocycles. The number of ether oxygens (including phenoxy) is 2. The van der Waals surface area contributed by atoms with Gasteiger partial charge in [-0.1, -0.05) is 46.8 Å². The fourth-order valence-electron chi connectivity index (χ4n) is 4.37. The second kappa shape index (κ2) is 12.0. The van der Waals surface area contributed by atoms with E-state index >= 15 is 4.39 Å². The van der Waals surface area contributed by atoms with Gasteiger partial charge in [-0.25, -0.2) is 9.18 Å². The molecule has 0 spiro atoms. The topological polar surface area (TPSA) is 35.5 Å². The minimum absolute atomic E-state index is 0.0690. The highest BCUT2D eigenvalue weighted by molar-refractivity contribution is 9.10. The van der Waals surface area contributed by atoms with E-state index < -0.39 is 5.97 Å². The lowest BCUT2D eigenvalue weighted by molar-refractivity contribution is -0.137. The summed E-state index contributed by atoms with van der Waals surface area (Å²) in [5.74, 6) is 0.246. The number of esters is 1. The molecule has 3 nitrogen and oxygen atoms in total. The first-order valence-corrected chi connectivity index (χ1v) is 12.9. The molecule has 0 amide bonds. The summed E-state index contributed by atoms with van der Waals surface area (Å²) in [5.41, 5.74) is 5.52. The van der Waals surface area contributed by atoms with Crippen LogP contribution in [0.1, 0.15) is 84.9 Å². The largest absolute Gasteiger partial charge is 0.492 e. The maximum absolute atomic E-state index is 15.6. The SMILES string of the molecule is CCOC(=O)C=C(C)C=CC(F)=C(CC)c1cc2c(c(Br)c1OCC)C(C)(C)CC=C2C(C)C. The minimum atomic E-state index is -0.433. The molecule has 0 heterocycles. The van der Waals surface area contributed by atoms with Crippen molar-refractivity contribution in [2.24, 2.45) is 5.92 Å². The Hall–Kier alpha value is -2.14. The first-order chi connectivity index (χ1) is 16.0. The maximum Gasteiger partial charge on any atom is 0.330 e. The first-order valence-electron chi connectivity index (χ1n) is 12.1. The number of hydrogen-bond acceptors (Lipinski definition) is 3. The van der Waals surface area contributed by atoms with Crippen LogP contribution in [0.3, 0.4) is 0 Å². The molecule has 0 N–H and O–H groups in total. The van der Waals surface area contributed by atoms with Crippen molar-refractivity contribution in [3.8, 4) is 5.75 Å². The van der Waals surface area contributed by atoms with E-state index in [9.17, 15) is 4.79 Å². The molecule has 34 heavy (non-hydrogen) atoms. The van der Waals surface area contributed by atoms with Gasteiger partial charge in [-0.3, -0.25) is 0 Å². The monoisotopic (exact) mass is 532 g/mol. The molecule has 0 unspecified atom stereocenters. The van der Waals surface area contributed by atoms with E-state index in [-0.39, 0.29) is 11.2 Å². The summed E-state index contributed by atoms with van der Waals surface area (Å²) in [6, 6.07) is 2.10. The van der Waals surface area contributed by atoms with Crippen molar-refractivity contribution in [2.75, 3.05) is 13.2 Å². The van der Waals surface area contributed by atoms with E-state index in [1.807, 2.05) is 13.8 Å². The molecule has 1 aliphatic rings. The van der Waals surface area contributed by atoms with Gasteiger partial charge in [0.1, 0.15) is 11.6 Å². The minimum Gasteiger partial charge on any atom is -0.492 e. The Labute approximate surface area is 212 Å². The zero-order valence-corrected chi connectivity index (χ0v) is 23.4. The third-order valence-corrected chi connectivity index (χ3v) is 6.80. The number of carbonyl (C=O) groups is 1. The molecule has 0 aromatic heterocycles. The fourth-order valence-corrected chi connectivity index (χ4v) is 5.44. The average Bonchev–Trinajstić information content (AvgIpc) is 2.74. The summed E-state index contributed by atoms with van der Waals surface area (Å²) >= 11 is 3.85. The summed E-state index contributed by atoms with van der Waals surface area (Å²) in [6.07, 6.45) is 8.12. The predicted octanol–water partition coefficient (Wildman–Crippen LogP) is 8.72. The Morgan fingerprint density at radius 1 is 1.21 bits per heavy atom. The van der Waals surface area contributed by atoms with Crippen molar-refractivity contribution in [3.63, 3.8) is 0 Å². The van der Waals surface area contributed by atoms with Crippen LogP contribution in [-0.2, 0) is 14.9 Å². The number of fused-ring (bicyclic) bond motifs is 1. The molecular formula is C29H38BrFO3. The summed E-state index contributed by atoms with van der Waals surface area (Å²) < 4.78 is 27.5. The molecule has 0 radical (unpaired) electrons. The maximum atomic E-state index is 15.6. The molecule has 5 heteroatoms. The molecular weight excluding hydrogens is 495 g/mol. The highest BCUT2D eigenvalue weighted by Crippen LogP contribution is 2.50. The van der Waals surface area contributed by atoms with Crippen molar-refractivity contribution in [1.82, 2.24) is 0 Å². The molecule has 1 aromatic rings. The van der Waals surface area contributed by atoms with Gasteiger partial charge in [0.2, 0.25) is 0 Å². The zero-order valence-electron chi connectivity index (χ0n) is 21.8. The van der Waals surface area contributed by atoms with Gasteiger partial charge in [-0.15, -0.1) is 0 Å². The van der Waals surface area contributed by atoms with E-state index in [4.69, 9.17) is 9.47 Å². The van der Waals surface area contributed by atoms with Gasteiger partial charge < -0.3 is 9.47 Å². The molecule has 0 saturated carbocycles. The van der Waals surface area contributed by atoms with Crippen LogP contribution in [0, 0.1) is 5.92 Å². The Bertz CT molecular complexity index is 1040. The summed E-state index contributed by atoms with van der Waals surface area (Å²) in [5, 5.41) is 0. The van der Waals surface area contributed by atoms with Crippen LogP contribution in [0.5, 0.6) is 5.75 Å². The number of rotatable bonds is 9. The third-order valence-electron chi connectivity index (χ3n) is 6.04. The third kappa shape index (κ3) is 6.29. The van der Waals surface area contributed by atoms with E-state index in [2.05, 4.69) is 55.8 Å². The smallest absolute Gasteiger partial charge is 0.330 e. The average molecular weight is 534 g/mol. The van der Waals surface area contributed by atoms with Gasteiger partial charge in [-0.2, -0.15) is 0 Å². The van der Waals surface area contributed by atoms with Crippen LogP contribution in [0.15, 0.2) is 46.2 Å². The number of halogens is 2. The van der Waals surface area contributed by atoms with Crippen molar-refractivity contribution in [1.29, 1.82) is 0 Å². The van der Waals surface area contributed by atoms with Crippen molar-refractivity contribution >= 4 is 33.0 Å². The molecule has 0 aliphatic heterocycles. The highest BCUT2D eigenvalue weighted by atomic mass is 79.9. The van der Waals surface area contributed by atoms with Crippen LogP contribution in [0.25, 0.3) is 11.1 Å². The molecule has 0 bridgehead atoms. The number of hydrogen-bond donors (Lipinski definition) is 0. The van der Waals surface area contributed by atoms with E-state index in [1.54, 1.807) is 19.9 Å². The second-order valence-corrected chi connectivity index (χ2v) is 10.3. The van der Waals surface area contributed by atoms with Gasteiger partial charge >= 0.3 is 5.97 Å². The van der Waals surface area contributed by atoms with Crippen LogP contribution in [0.2, 0.25) is 0 Å². The van der Waals surface area contributed by atoms with Crippen LogP contribution in [-0.4, -0.2) is 19.2 Å². The summed E-state index contributed by atoms with van der Waals surface area (Å²) in [7, 11) is 0. The highest BCUT2D eigenvalue weighted by Gasteiger charge is 2.34. The van der Waals surface area contributed by atoms with Crippen LogP contribution >= 0.6 is 15.9 Å². The van der Waals surface area contributed by atoms with Crippen LogP contribution < -0.4 is 4.74 Å². The summed E-state index contributed by atoms with van der Waals surface area (Å²) in [4.78, 5) is 11.7. The van der Waals surface area contributed by atoms with Gasteiger partial charge in [-0.05, 0) is 101 Å². The normalized spacial score (nSPS) is 16.3. The molecule has 0 atom stereocenters. The first kappa shape index (κ1) is 28.1. The standard InChI is InChI=1S/C29H38BrFO3/c1-9-20(24(31)13-12-19(6)16-25(32)33-10-2)23-17-22-21(18(4)5)14-15-29(7,8)26(22)27(30)28(23)34-11-3/h12-14,16-18H,9-11,15H2,1-8H3. The van der Waals surface area contributed by atoms with Crippen LogP contribution in [0.4, 0.5) is 4.39 Å². The summed E-state index contributed by atoms with van der Waals surface area (Å²) in [6.45, 7) is 17.0. The predicted molar refractivity (Wildman–Crippen MR) is 144 cm³/mol. The number of allylic oxidation sites excluding steroid dienone is 7. The van der Waals surface area contributed by atoms with E-state index in [1.165, 1.54) is 23.3 Å². The van der Waals surface area contributed by atoms with E-state index in [0.717, 1.165) is 22.0 Å². The Balaban J connectivity index is 2.71. The van der Waals surface area contributed by atoms with Gasteiger partial charge in [0.05, 0.1) is 17.7 Å². The Morgan fingerprint density at radius 2 is 1.88 bits per heavy atom. The quantitative estimate of drug-likeness (QED) is 0.181. The van der Waals surface area contributed by atoms with Crippen molar-refractivity contribution in [2.45, 2.75) is 73.6 Å². The molecule has 186 valence electrons. The van der Waals surface area contributed by atoms with E-state index in [0.29, 0.717) is 42.4 Å². The second-order valence-electron chi connectivity index (χ2n) is 9.48. The Kier molecular flexibility index (Phi) is 9.93. The van der Waals surface area contributed by atoms with Gasteiger partial charge in [0.15, 0.2) is 0 Å². The van der Waals surface area contributed by atoms with Crippen molar-refractivity contribution < 1.29 is 18.7 Å². The lowest BCUT2D eigenvalue weighted by Crippen LogP contribution is -2.24. The molecule has 0 fully saturated rings. The molecule has 1 aliphatic carbocycles. The molecule has 1 aromatic carbocycles. The molecule has 2 rings (SSSR count). The zero-order chi connectivity index (χ0) is 25.6. The lowest BCUT2D eigenvalue weighted by atomic mass is 9.70. The number of benzene rings is 1.